The number of H-pyrrole nitrogens is 1. The summed E-state index contributed by atoms with van der Waals surface area (Å²) in [5.41, 5.74) is 5.50. The largest absolute Gasteiger partial charge is 0.478 e. The molecule has 0 aliphatic heterocycles. The summed E-state index contributed by atoms with van der Waals surface area (Å²) in [5, 5.41) is 24.5. The van der Waals surface area contributed by atoms with Crippen molar-refractivity contribution >= 4 is 12.0 Å². The zero-order chi connectivity index (χ0) is 27.0. The van der Waals surface area contributed by atoms with Crippen LogP contribution in [0.3, 0.4) is 0 Å². The van der Waals surface area contributed by atoms with Gasteiger partial charge in [-0.15, -0.1) is 10.2 Å². The molecule has 1 saturated carbocycles. The molecule has 8 heteroatoms. The van der Waals surface area contributed by atoms with Gasteiger partial charge < -0.3 is 9.67 Å². The molecule has 0 unspecified atom stereocenters. The van der Waals surface area contributed by atoms with Crippen LogP contribution in [0, 0.1) is 5.92 Å². The number of benzene rings is 2. The third-order valence-electron chi connectivity index (χ3n) is 7.67. The number of carboxylic acids is 1. The summed E-state index contributed by atoms with van der Waals surface area (Å²) < 4.78 is 2.18. The Bertz CT molecular complexity index is 1400. The second-order valence-electron chi connectivity index (χ2n) is 10.4. The minimum Gasteiger partial charge on any atom is -0.478 e. The SMILES string of the molecule is CCCCc1ncc(/C=C(\CC2CCCCC2)C(=O)O)n1Cc1ccc(-c2ccccc2-c2nn[nH]n2)cc1. The number of rotatable bonds is 11. The van der Waals surface area contributed by atoms with Gasteiger partial charge >= 0.3 is 5.97 Å². The molecule has 5 rings (SSSR count). The van der Waals surface area contributed by atoms with Crippen LogP contribution in [0.2, 0.25) is 0 Å². The molecule has 8 nitrogen and oxygen atoms in total. The quantitative estimate of drug-likeness (QED) is 0.215. The van der Waals surface area contributed by atoms with E-state index in [-0.39, 0.29) is 0 Å². The highest BCUT2D eigenvalue weighted by Crippen LogP contribution is 2.31. The number of imidazole rings is 1. The van der Waals surface area contributed by atoms with E-state index in [0.29, 0.717) is 30.3 Å². The van der Waals surface area contributed by atoms with Crippen molar-refractivity contribution in [1.29, 1.82) is 0 Å². The highest BCUT2D eigenvalue weighted by atomic mass is 16.4. The number of hydrogen-bond donors (Lipinski definition) is 2. The molecule has 4 aromatic rings. The summed E-state index contributed by atoms with van der Waals surface area (Å²) in [7, 11) is 0. The van der Waals surface area contributed by atoms with Gasteiger partial charge in [0.2, 0.25) is 5.82 Å². The fourth-order valence-electron chi connectivity index (χ4n) is 5.53. The van der Waals surface area contributed by atoms with E-state index in [0.717, 1.165) is 65.9 Å². The highest BCUT2D eigenvalue weighted by Gasteiger charge is 2.20. The van der Waals surface area contributed by atoms with E-state index < -0.39 is 5.97 Å². The van der Waals surface area contributed by atoms with Crippen molar-refractivity contribution in [1.82, 2.24) is 30.2 Å². The summed E-state index contributed by atoms with van der Waals surface area (Å²) >= 11 is 0. The van der Waals surface area contributed by atoms with Crippen LogP contribution in [-0.4, -0.2) is 41.3 Å². The van der Waals surface area contributed by atoms with Crippen molar-refractivity contribution in [2.75, 3.05) is 0 Å². The van der Waals surface area contributed by atoms with Crippen LogP contribution in [0.25, 0.3) is 28.6 Å². The molecule has 2 N–H and O–H groups in total. The van der Waals surface area contributed by atoms with Gasteiger partial charge in [0.1, 0.15) is 5.82 Å². The summed E-state index contributed by atoms with van der Waals surface area (Å²) in [6, 6.07) is 16.5. The summed E-state index contributed by atoms with van der Waals surface area (Å²) in [5.74, 6) is 1.19. The molecule has 2 heterocycles. The predicted octanol–water partition coefficient (Wildman–Crippen LogP) is 6.56. The molecule has 0 atom stereocenters. The standard InChI is InChI=1S/C31H36N6O2/c1-2-3-13-29-32-20-26(19-25(31(38)39)18-22-9-5-4-6-10-22)37(29)21-23-14-16-24(17-15-23)27-11-7-8-12-28(27)30-33-35-36-34-30/h7-8,11-12,14-17,19-20,22H,2-6,9-10,13,18,21H2,1H3,(H,38,39)(H,33,34,35,36)/b25-19+. The lowest BCUT2D eigenvalue weighted by molar-refractivity contribution is -0.132. The number of carbonyl (C=O) groups is 1. The Morgan fingerprint density at radius 3 is 2.54 bits per heavy atom. The molecule has 0 radical (unpaired) electrons. The molecule has 1 aliphatic rings. The van der Waals surface area contributed by atoms with Crippen LogP contribution < -0.4 is 0 Å². The monoisotopic (exact) mass is 524 g/mol. The molecule has 0 bridgehead atoms. The van der Waals surface area contributed by atoms with E-state index in [1.54, 1.807) is 0 Å². The number of aromatic amines is 1. The maximum atomic E-state index is 12.2. The van der Waals surface area contributed by atoms with Gasteiger partial charge in [0, 0.05) is 24.1 Å². The van der Waals surface area contributed by atoms with E-state index in [1.165, 1.54) is 19.3 Å². The van der Waals surface area contributed by atoms with Crippen LogP contribution in [0.5, 0.6) is 0 Å². The van der Waals surface area contributed by atoms with E-state index in [1.807, 2.05) is 30.5 Å². The van der Waals surface area contributed by atoms with Crippen molar-refractivity contribution in [2.24, 2.45) is 5.92 Å². The van der Waals surface area contributed by atoms with Crippen molar-refractivity contribution < 1.29 is 9.90 Å². The maximum absolute atomic E-state index is 12.2. The molecular weight excluding hydrogens is 488 g/mol. The normalized spacial score (nSPS) is 14.5. The summed E-state index contributed by atoms with van der Waals surface area (Å²) in [6.45, 7) is 2.81. The Labute approximate surface area is 229 Å². The van der Waals surface area contributed by atoms with Crippen LogP contribution >= 0.6 is 0 Å². The number of tetrazole rings is 1. The van der Waals surface area contributed by atoms with Gasteiger partial charge in [-0.25, -0.2) is 9.78 Å². The third kappa shape index (κ3) is 6.50. The van der Waals surface area contributed by atoms with Gasteiger partial charge in [0.25, 0.3) is 0 Å². The average Bonchev–Trinajstić information content (AvgIpc) is 3.63. The van der Waals surface area contributed by atoms with Crippen molar-refractivity contribution in [3.63, 3.8) is 0 Å². The number of aliphatic carboxylic acids is 1. The molecule has 2 aromatic carbocycles. The molecule has 0 saturated heterocycles. The Balaban J connectivity index is 1.42. The fourth-order valence-corrected chi connectivity index (χ4v) is 5.53. The van der Waals surface area contributed by atoms with Gasteiger partial charge in [0.05, 0.1) is 11.9 Å². The van der Waals surface area contributed by atoms with Crippen LogP contribution in [0.15, 0.2) is 60.3 Å². The lowest BCUT2D eigenvalue weighted by Gasteiger charge is -2.21. The summed E-state index contributed by atoms with van der Waals surface area (Å²) in [6.07, 6.45) is 13.2. The molecule has 2 aromatic heterocycles. The Kier molecular flexibility index (Phi) is 8.61. The molecule has 0 amide bonds. The predicted molar refractivity (Wildman–Crippen MR) is 152 cm³/mol. The smallest absolute Gasteiger partial charge is 0.331 e. The second-order valence-corrected chi connectivity index (χ2v) is 10.4. The maximum Gasteiger partial charge on any atom is 0.331 e. The number of hydrogen-bond acceptors (Lipinski definition) is 5. The minimum atomic E-state index is -0.826. The first-order chi connectivity index (χ1) is 19.1. The Morgan fingerprint density at radius 2 is 1.85 bits per heavy atom. The van der Waals surface area contributed by atoms with E-state index in [4.69, 9.17) is 4.98 Å². The first-order valence-corrected chi connectivity index (χ1v) is 14.0. The number of carboxylic acid groups (broad SMARTS) is 1. The zero-order valence-electron chi connectivity index (χ0n) is 22.5. The van der Waals surface area contributed by atoms with Gasteiger partial charge in [0.15, 0.2) is 0 Å². The number of nitrogens with one attached hydrogen (secondary N) is 1. The second kappa shape index (κ2) is 12.7. The van der Waals surface area contributed by atoms with Crippen LogP contribution in [0.1, 0.15) is 75.4 Å². The lowest BCUT2D eigenvalue weighted by Crippen LogP contribution is -2.12. The van der Waals surface area contributed by atoms with Gasteiger partial charge in [-0.2, -0.15) is 5.21 Å². The molecule has 1 fully saturated rings. The van der Waals surface area contributed by atoms with Crippen molar-refractivity contribution in [2.45, 2.75) is 71.3 Å². The van der Waals surface area contributed by atoms with Gasteiger partial charge in [-0.05, 0) is 46.7 Å². The first-order valence-electron chi connectivity index (χ1n) is 14.0. The van der Waals surface area contributed by atoms with E-state index in [2.05, 4.69) is 62.4 Å². The highest BCUT2D eigenvalue weighted by molar-refractivity contribution is 5.91. The number of unbranched alkanes of at least 4 members (excludes halogenated alkanes) is 1. The van der Waals surface area contributed by atoms with E-state index in [9.17, 15) is 9.90 Å². The number of aromatic nitrogens is 6. The fraction of sp³-hybridized carbons (Fsp3) is 0.387. The topological polar surface area (TPSA) is 110 Å². The van der Waals surface area contributed by atoms with Crippen LogP contribution in [-0.2, 0) is 17.8 Å². The summed E-state index contributed by atoms with van der Waals surface area (Å²) in [4.78, 5) is 16.9. The Morgan fingerprint density at radius 1 is 1.08 bits per heavy atom. The Hall–Kier alpha value is -4.07. The molecule has 0 spiro atoms. The molecule has 202 valence electrons. The minimum absolute atomic E-state index is 0.458. The van der Waals surface area contributed by atoms with Gasteiger partial charge in [-0.1, -0.05) is 94.0 Å². The number of nitrogens with zero attached hydrogens (tertiary/aromatic N) is 5. The van der Waals surface area contributed by atoms with Crippen molar-refractivity contribution in [3.05, 3.63) is 77.4 Å². The zero-order valence-corrected chi connectivity index (χ0v) is 22.5. The molecule has 1 aliphatic carbocycles. The first kappa shape index (κ1) is 26.5. The average molecular weight is 525 g/mol. The molecule has 39 heavy (non-hydrogen) atoms. The van der Waals surface area contributed by atoms with Crippen LogP contribution in [0.4, 0.5) is 0 Å². The van der Waals surface area contributed by atoms with E-state index >= 15 is 0 Å². The lowest BCUT2D eigenvalue weighted by atomic mass is 9.84. The molecular formula is C31H36N6O2. The van der Waals surface area contributed by atoms with Gasteiger partial charge in [-0.3, -0.25) is 0 Å². The van der Waals surface area contributed by atoms with Crippen molar-refractivity contribution in [3.8, 4) is 22.5 Å². The third-order valence-corrected chi connectivity index (χ3v) is 7.67. The number of aryl methyl sites for hydroxylation is 1.